The van der Waals surface area contributed by atoms with Crippen LogP contribution >= 0.6 is 0 Å². The molecule has 3 aromatic rings. The number of nitrogens with zero attached hydrogens (tertiary/aromatic N) is 4. The molecule has 0 spiro atoms. The van der Waals surface area contributed by atoms with Gasteiger partial charge in [0.25, 0.3) is 0 Å². The zero-order valence-electron chi connectivity index (χ0n) is 30.6. The fourth-order valence-corrected chi connectivity index (χ4v) is 7.75. The average molecular weight is 685 g/mol. The van der Waals surface area contributed by atoms with Crippen LogP contribution in [-0.2, 0) is 23.0 Å². The number of aliphatic hydroxyl groups is 2. The molecule has 11 nitrogen and oxygen atoms in total. The molecule has 11 heteroatoms. The summed E-state index contributed by atoms with van der Waals surface area (Å²) in [7, 11) is 0. The van der Waals surface area contributed by atoms with Crippen LogP contribution in [0.4, 0.5) is 0 Å². The van der Waals surface area contributed by atoms with E-state index in [9.17, 15) is 10.2 Å². The molecule has 4 unspecified atom stereocenters. The normalized spacial score (nSPS) is 23.9. The van der Waals surface area contributed by atoms with E-state index >= 15 is 0 Å². The van der Waals surface area contributed by atoms with Crippen molar-refractivity contribution in [2.45, 2.75) is 115 Å². The van der Waals surface area contributed by atoms with Gasteiger partial charge >= 0.3 is 0 Å². The van der Waals surface area contributed by atoms with E-state index in [1.54, 1.807) is 27.7 Å². The van der Waals surface area contributed by atoms with Crippen LogP contribution in [0.3, 0.4) is 0 Å². The molecule has 1 aromatic heterocycles. The lowest BCUT2D eigenvalue weighted by molar-refractivity contribution is 0.0759. The second-order valence-electron chi connectivity index (χ2n) is 16.0. The molecule has 0 saturated carbocycles. The van der Waals surface area contributed by atoms with E-state index < -0.39 is 16.6 Å². The number of epoxide rings is 1. The van der Waals surface area contributed by atoms with Gasteiger partial charge in [-0.25, -0.2) is 0 Å². The molecule has 0 amide bonds. The highest BCUT2D eigenvalue weighted by Gasteiger charge is 2.47. The summed E-state index contributed by atoms with van der Waals surface area (Å²) in [6.45, 7) is 23.0. The maximum absolute atomic E-state index is 10.3. The van der Waals surface area contributed by atoms with Gasteiger partial charge < -0.3 is 30.5 Å². The van der Waals surface area contributed by atoms with Gasteiger partial charge in [-0.2, -0.15) is 5.21 Å². The van der Waals surface area contributed by atoms with E-state index in [4.69, 9.17) is 9.84 Å². The Labute approximate surface area is 297 Å². The van der Waals surface area contributed by atoms with Crippen LogP contribution in [0.2, 0.25) is 0 Å². The number of ether oxygens (including phenoxy) is 1. The molecule has 6 rings (SSSR count). The molecule has 3 heterocycles. The first-order valence-electron chi connectivity index (χ1n) is 18.1. The number of rotatable bonds is 15. The monoisotopic (exact) mass is 684 g/mol. The van der Waals surface area contributed by atoms with Crippen molar-refractivity contribution in [1.29, 1.82) is 0 Å². The van der Waals surface area contributed by atoms with Gasteiger partial charge in [-0.15, -0.1) is 10.2 Å². The lowest BCUT2D eigenvalue weighted by Crippen LogP contribution is -2.42. The molecule has 5 atom stereocenters. The standard InChI is InChI=1S/C39H56N8O3/c1-24(40-21-26(3)47-17-9-10-25(47)2)20-39(36-43-45-46-44-36)32-15-13-28(27(4)41-22-37(5,6)48)18-29(32)11-12-30-19-31(14-16-33(30)39)34-35(50-34)42-23-38(7,8)49/h13-16,18-19,24-25,34-35,40-42,48-49H,3-4,9-12,17,20-23H2,1-2,5-8H3,(H,43,44,45,46)/t24-,25?,34?,35?,39?/m0/s1. The van der Waals surface area contributed by atoms with Crippen LogP contribution < -0.4 is 16.0 Å². The van der Waals surface area contributed by atoms with Crippen molar-refractivity contribution < 1.29 is 14.9 Å². The van der Waals surface area contributed by atoms with Gasteiger partial charge in [-0.3, -0.25) is 5.32 Å². The van der Waals surface area contributed by atoms with Gasteiger partial charge in [0.05, 0.1) is 16.6 Å². The van der Waals surface area contributed by atoms with Gasteiger partial charge in [0, 0.05) is 49.7 Å². The van der Waals surface area contributed by atoms with Crippen LogP contribution in [0.5, 0.6) is 0 Å². The first kappa shape index (κ1) is 36.2. The lowest BCUT2D eigenvalue weighted by atomic mass is 9.67. The molecule has 2 fully saturated rings. The van der Waals surface area contributed by atoms with Gasteiger partial charge in [-0.05, 0) is 113 Å². The van der Waals surface area contributed by atoms with Gasteiger partial charge in [0.2, 0.25) is 0 Å². The number of hydrogen-bond donors (Lipinski definition) is 6. The van der Waals surface area contributed by atoms with Crippen molar-refractivity contribution in [2.24, 2.45) is 0 Å². The van der Waals surface area contributed by atoms with Crippen molar-refractivity contribution in [2.75, 3.05) is 26.2 Å². The zero-order chi connectivity index (χ0) is 35.8. The summed E-state index contributed by atoms with van der Waals surface area (Å²) >= 11 is 0. The largest absolute Gasteiger partial charge is 0.389 e. The van der Waals surface area contributed by atoms with E-state index in [0.29, 0.717) is 37.9 Å². The van der Waals surface area contributed by atoms with Crippen LogP contribution in [-0.4, -0.2) is 91.4 Å². The SMILES string of the molecule is C=C(NCC(C)(C)O)c1ccc2c(c1)CCc1cc(C3OC3NCC(C)(C)O)ccc1C2(C[C@H](C)NCC(=C)N1CCCC1C)c1nn[nH]n1. The van der Waals surface area contributed by atoms with Crippen molar-refractivity contribution in [3.05, 3.63) is 94.5 Å². The molecule has 0 bridgehead atoms. The minimum Gasteiger partial charge on any atom is -0.389 e. The number of tetrazole rings is 1. The van der Waals surface area contributed by atoms with Crippen molar-refractivity contribution in [1.82, 2.24) is 41.5 Å². The molecular weight excluding hydrogens is 628 g/mol. The molecule has 2 aliphatic heterocycles. The average Bonchev–Trinajstić information content (AvgIpc) is 3.41. The van der Waals surface area contributed by atoms with E-state index in [-0.39, 0.29) is 18.4 Å². The molecule has 0 radical (unpaired) electrons. The molecule has 6 N–H and O–H groups in total. The predicted octanol–water partition coefficient (Wildman–Crippen LogP) is 4.09. The van der Waals surface area contributed by atoms with E-state index in [0.717, 1.165) is 53.0 Å². The molecule has 270 valence electrons. The van der Waals surface area contributed by atoms with Crippen LogP contribution in [0, 0.1) is 0 Å². The highest BCUT2D eigenvalue weighted by Crippen LogP contribution is 2.48. The van der Waals surface area contributed by atoms with Crippen LogP contribution in [0.1, 0.15) is 106 Å². The molecule has 50 heavy (non-hydrogen) atoms. The summed E-state index contributed by atoms with van der Waals surface area (Å²) in [6.07, 6.45) is 4.53. The minimum absolute atomic E-state index is 0.0758. The molecule has 2 aromatic carbocycles. The number of aromatic amines is 1. The highest BCUT2D eigenvalue weighted by molar-refractivity contribution is 5.65. The summed E-state index contributed by atoms with van der Waals surface area (Å²) in [6, 6.07) is 13.8. The number of fused-ring (bicyclic) bond motifs is 2. The number of H-pyrrole nitrogens is 1. The van der Waals surface area contributed by atoms with Crippen LogP contribution in [0.15, 0.2) is 55.3 Å². The summed E-state index contributed by atoms with van der Waals surface area (Å²) in [5.41, 5.74) is 6.33. The number of benzene rings is 2. The number of aryl methyl sites for hydroxylation is 2. The Morgan fingerprint density at radius 3 is 2.40 bits per heavy atom. The van der Waals surface area contributed by atoms with Gasteiger partial charge in [0.15, 0.2) is 5.82 Å². The Hall–Kier alpha value is -3.61. The molecular formula is C39H56N8O3. The maximum Gasteiger partial charge on any atom is 0.189 e. The van der Waals surface area contributed by atoms with Gasteiger partial charge in [-0.1, -0.05) is 48.7 Å². The van der Waals surface area contributed by atoms with Crippen molar-refractivity contribution in [3.63, 3.8) is 0 Å². The predicted molar refractivity (Wildman–Crippen MR) is 196 cm³/mol. The van der Waals surface area contributed by atoms with E-state index in [1.165, 1.54) is 24.0 Å². The number of likely N-dealkylation sites (tertiary alicyclic amines) is 1. The molecule has 3 aliphatic rings. The smallest absolute Gasteiger partial charge is 0.189 e. The molecule has 2 saturated heterocycles. The summed E-state index contributed by atoms with van der Waals surface area (Å²) in [5.74, 6) is 0.634. The number of aromatic nitrogens is 4. The first-order valence-corrected chi connectivity index (χ1v) is 18.1. The lowest BCUT2D eigenvalue weighted by Gasteiger charge is -2.37. The summed E-state index contributed by atoms with van der Waals surface area (Å²) in [4.78, 5) is 2.43. The fraction of sp³-hybridized carbons (Fsp3) is 0.564. The van der Waals surface area contributed by atoms with E-state index in [2.05, 4.69) is 99.8 Å². The van der Waals surface area contributed by atoms with Crippen molar-refractivity contribution in [3.8, 4) is 0 Å². The third kappa shape index (κ3) is 7.97. The Bertz CT molecular complexity index is 1680. The highest BCUT2D eigenvalue weighted by atomic mass is 16.6. The summed E-state index contributed by atoms with van der Waals surface area (Å²) < 4.78 is 6.05. The second-order valence-corrected chi connectivity index (χ2v) is 16.0. The fourth-order valence-electron chi connectivity index (χ4n) is 7.75. The Morgan fingerprint density at radius 1 is 1.06 bits per heavy atom. The zero-order valence-corrected chi connectivity index (χ0v) is 30.6. The second kappa shape index (κ2) is 14.2. The Balaban J connectivity index is 1.37. The minimum atomic E-state index is -0.864. The third-order valence-corrected chi connectivity index (χ3v) is 10.4. The summed E-state index contributed by atoms with van der Waals surface area (Å²) in [5, 5.41) is 47.3. The van der Waals surface area contributed by atoms with Gasteiger partial charge in [0.1, 0.15) is 12.3 Å². The topological polar surface area (TPSA) is 147 Å². The quantitative estimate of drug-likeness (QED) is 0.130. The molecule has 1 aliphatic carbocycles. The number of hydrogen-bond acceptors (Lipinski definition) is 10. The van der Waals surface area contributed by atoms with E-state index in [1.807, 2.05) is 0 Å². The first-order chi connectivity index (χ1) is 23.6. The van der Waals surface area contributed by atoms with Crippen molar-refractivity contribution >= 4 is 5.70 Å². The maximum atomic E-state index is 10.3. The third-order valence-electron chi connectivity index (χ3n) is 10.4. The number of nitrogens with one attached hydrogen (secondary N) is 4. The van der Waals surface area contributed by atoms with Crippen LogP contribution in [0.25, 0.3) is 5.70 Å². The Morgan fingerprint density at radius 2 is 1.76 bits per heavy atom. The Kier molecular flexibility index (Phi) is 10.3.